The topological polar surface area (TPSA) is 35.0 Å². The second-order valence-electron chi connectivity index (χ2n) is 5.69. The first-order valence-corrected chi connectivity index (χ1v) is 7.07. The summed E-state index contributed by atoms with van der Waals surface area (Å²) in [6, 6.07) is 6.22. The molecule has 0 saturated heterocycles. The molecule has 2 rings (SSSR count). The Morgan fingerprint density at radius 3 is 2.45 bits per heavy atom. The number of nitrogens with zero attached hydrogens (tertiary/aromatic N) is 2. The zero-order valence-corrected chi connectivity index (χ0v) is 13.0. The van der Waals surface area contributed by atoms with Crippen molar-refractivity contribution in [3.63, 3.8) is 0 Å². The van der Waals surface area contributed by atoms with Crippen LogP contribution in [0, 0.1) is 0 Å². The van der Waals surface area contributed by atoms with Gasteiger partial charge in [-0.3, -0.25) is 0 Å². The van der Waals surface area contributed by atoms with Crippen LogP contribution in [0.25, 0.3) is 0 Å². The van der Waals surface area contributed by atoms with Gasteiger partial charge in [0.25, 0.3) is 5.88 Å². The van der Waals surface area contributed by atoms with Crippen molar-refractivity contribution in [2.75, 3.05) is 0 Å². The van der Waals surface area contributed by atoms with Crippen LogP contribution in [0.4, 0.5) is 0 Å². The fourth-order valence-electron chi connectivity index (χ4n) is 1.95. The summed E-state index contributed by atoms with van der Waals surface area (Å²) in [4.78, 5) is 8.10. The molecule has 0 saturated carbocycles. The standard InChI is InChI=1S/C16H19ClN2O/c1-5-11-6-7-13(12(10-11)16(2,3)4)20-15-14(17)18-8-9-19-15/h6-10H,5H2,1-4H3. The van der Waals surface area contributed by atoms with Gasteiger partial charge >= 0.3 is 0 Å². The predicted molar refractivity (Wildman–Crippen MR) is 81.6 cm³/mol. The normalized spacial score (nSPS) is 11.4. The Bertz CT molecular complexity index is 606. The van der Waals surface area contributed by atoms with Crippen molar-refractivity contribution in [2.45, 2.75) is 39.5 Å². The van der Waals surface area contributed by atoms with Crippen molar-refractivity contribution >= 4 is 11.6 Å². The van der Waals surface area contributed by atoms with E-state index in [-0.39, 0.29) is 10.6 Å². The summed E-state index contributed by atoms with van der Waals surface area (Å²) in [7, 11) is 0. The molecule has 106 valence electrons. The van der Waals surface area contributed by atoms with Gasteiger partial charge in [0.2, 0.25) is 0 Å². The number of halogens is 1. The summed E-state index contributed by atoms with van der Waals surface area (Å²) in [6.07, 6.45) is 4.10. The minimum atomic E-state index is -0.0187. The molecule has 0 aliphatic heterocycles. The number of rotatable bonds is 3. The van der Waals surface area contributed by atoms with E-state index in [2.05, 4.69) is 49.8 Å². The van der Waals surface area contributed by atoms with Crippen LogP contribution in [0.3, 0.4) is 0 Å². The number of aryl methyl sites for hydroxylation is 1. The molecule has 0 bridgehead atoms. The van der Waals surface area contributed by atoms with Crippen molar-refractivity contribution in [2.24, 2.45) is 0 Å². The average Bonchev–Trinajstić information content (AvgIpc) is 2.40. The smallest absolute Gasteiger partial charge is 0.257 e. The highest BCUT2D eigenvalue weighted by Crippen LogP contribution is 2.35. The quantitative estimate of drug-likeness (QED) is 0.816. The first-order valence-electron chi connectivity index (χ1n) is 6.69. The Kier molecular flexibility index (Phi) is 4.29. The highest BCUT2D eigenvalue weighted by atomic mass is 35.5. The largest absolute Gasteiger partial charge is 0.436 e. The Morgan fingerprint density at radius 1 is 1.15 bits per heavy atom. The van der Waals surface area contributed by atoms with E-state index in [1.54, 1.807) is 12.4 Å². The molecule has 1 heterocycles. The van der Waals surface area contributed by atoms with Crippen molar-refractivity contribution in [3.05, 3.63) is 46.9 Å². The summed E-state index contributed by atoms with van der Waals surface area (Å²) in [5.41, 5.74) is 2.40. The molecular formula is C16H19ClN2O. The molecule has 1 aromatic heterocycles. The predicted octanol–water partition coefficient (Wildman–Crippen LogP) is 4.78. The van der Waals surface area contributed by atoms with E-state index >= 15 is 0 Å². The van der Waals surface area contributed by atoms with Crippen LogP contribution >= 0.6 is 11.6 Å². The SMILES string of the molecule is CCc1ccc(Oc2nccnc2Cl)c(C(C)(C)C)c1. The molecule has 0 aliphatic carbocycles. The highest BCUT2D eigenvalue weighted by Gasteiger charge is 2.20. The van der Waals surface area contributed by atoms with Gasteiger partial charge in [0.1, 0.15) is 5.75 Å². The van der Waals surface area contributed by atoms with Gasteiger partial charge in [-0.25, -0.2) is 9.97 Å². The van der Waals surface area contributed by atoms with Crippen molar-refractivity contribution in [1.82, 2.24) is 9.97 Å². The highest BCUT2D eigenvalue weighted by molar-refractivity contribution is 6.30. The number of aromatic nitrogens is 2. The van der Waals surface area contributed by atoms with Gasteiger partial charge in [-0.15, -0.1) is 0 Å². The molecule has 0 spiro atoms. The third-order valence-electron chi connectivity index (χ3n) is 3.09. The first kappa shape index (κ1) is 14.8. The number of benzene rings is 1. The second kappa shape index (κ2) is 5.80. The molecule has 0 unspecified atom stereocenters. The van der Waals surface area contributed by atoms with Gasteiger partial charge in [-0.05, 0) is 23.5 Å². The van der Waals surface area contributed by atoms with E-state index in [0.717, 1.165) is 17.7 Å². The number of hydrogen-bond acceptors (Lipinski definition) is 3. The second-order valence-corrected chi connectivity index (χ2v) is 6.05. The molecule has 0 N–H and O–H groups in total. The molecule has 0 atom stereocenters. The van der Waals surface area contributed by atoms with E-state index in [9.17, 15) is 0 Å². The molecule has 0 radical (unpaired) electrons. The molecular weight excluding hydrogens is 272 g/mol. The molecule has 0 aliphatic rings. The van der Waals surface area contributed by atoms with Gasteiger partial charge in [-0.2, -0.15) is 0 Å². The minimum absolute atomic E-state index is 0.0187. The van der Waals surface area contributed by atoms with Crippen LogP contribution in [0.15, 0.2) is 30.6 Å². The molecule has 0 amide bonds. The molecule has 3 nitrogen and oxygen atoms in total. The maximum atomic E-state index is 6.00. The van der Waals surface area contributed by atoms with Gasteiger partial charge in [0.15, 0.2) is 5.15 Å². The Hall–Kier alpha value is -1.61. The molecule has 4 heteroatoms. The summed E-state index contributed by atoms with van der Waals surface area (Å²) in [5.74, 6) is 1.11. The molecule has 20 heavy (non-hydrogen) atoms. The van der Waals surface area contributed by atoms with Crippen LogP contribution in [-0.2, 0) is 11.8 Å². The lowest BCUT2D eigenvalue weighted by Gasteiger charge is -2.23. The lowest BCUT2D eigenvalue weighted by molar-refractivity contribution is 0.437. The molecule has 0 fully saturated rings. The number of ether oxygens (including phenoxy) is 1. The average molecular weight is 291 g/mol. The van der Waals surface area contributed by atoms with E-state index in [4.69, 9.17) is 16.3 Å². The van der Waals surface area contributed by atoms with Gasteiger partial charge in [0.05, 0.1) is 0 Å². The summed E-state index contributed by atoms with van der Waals surface area (Å²) in [6.45, 7) is 8.62. The summed E-state index contributed by atoms with van der Waals surface area (Å²) < 4.78 is 5.86. The van der Waals surface area contributed by atoms with Gasteiger partial charge in [-0.1, -0.05) is 51.4 Å². The number of hydrogen-bond donors (Lipinski definition) is 0. The zero-order valence-electron chi connectivity index (χ0n) is 12.3. The summed E-state index contributed by atoms with van der Waals surface area (Å²) in [5, 5.41) is 0.270. The van der Waals surface area contributed by atoms with Crippen LogP contribution in [0.2, 0.25) is 5.15 Å². The van der Waals surface area contributed by atoms with Crippen molar-refractivity contribution in [1.29, 1.82) is 0 Å². The lowest BCUT2D eigenvalue weighted by Crippen LogP contribution is -2.13. The Labute approximate surface area is 125 Å². The lowest BCUT2D eigenvalue weighted by atomic mass is 9.85. The fraction of sp³-hybridized carbons (Fsp3) is 0.375. The third kappa shape index (κ3) is 3.28. The molecule has 1 aromatic carbocycles. The van der Waals surface area contributed by atoms with Gasteiger partial charge < -0.3 is 4.74 Å². The monoisotopic (exact) mass is 290 g/mol. The van der Waals surface area contributed by atoms with Gasteiger partial charge in [0, 0.05) is 18.0 Å². The minimum Gasteiger partial charge on any atom is -0.436 e. The Balaban J connectivity index is 2.44. The van der Waals surface area contributed by atoms with E-state index in [1.807, 2.05) is 6.07 Å². The first-order chi connectivity index (χ1) is 9.41. The van der Waals surface area contributed by atoms with Crippen molar-refractivity contribution in [3.8, 4) is 11.6 Å². The zero-order chi connectivity index (χ0) is 14.8. The van der Waals surface area contributed by atoms with E-state index in [0.29, 0.717) is 5.88 Å². The fourth-order valence-corrected chi connectivity index (χ4v) is 2.10. The molecule has 2 aromatic rings. The van der Waals surface area contributed by atoms with Crippen LogP contribution in [-0.4, -0.2) is 9.97 Å². The van der Waals surface area contributed by atoms with Crippen molar-refractivity contribution < 1.29 is 4.74 Å². The van der Waals surface area contributed by atoms with Crippen LogP contribution in [0.1, 0.15) is 38.8 Å². The maximum Gasteiger partial charge on any atom is 0.257 e. The van der Waals surface area contributed by atoms with E-state index in [1.165, 1.54) is 5.56 Å². The van der Waals surface area contributed by atoms with Crippen LogP contribution in [0.5, 0.6) is 11.6 Å². The third-order valence-corrected chi connectivity index (χ3v) is 3.35. The maximum absolute atomic E-state index is 6.00. The van der Waals surface area contributed by atoms with E-state index < -0.39 is 0 Å². The van der Waals surface area contributed by atoms with Crippen LogP contribution < -0.4 is 4.74 Å². The summed E-state index contributed by atoms with van der Waals surface area (Å²) >= 11 is 6.00. The Morgan fingerprint density at radius 2 is 1.85 bits per heavy atom.